The Morgan fingerprint density at radius 2 is 2.10 bits per heavy atom. The van der Waals surface area contributed by atoms with Crippen molar-refractivity contribution in [2.45, 2.75) is 33.4 Å². The third-order valence-corrected chi connectivity index (χ3v) is 4.74. The second-order valence-electron chi connectivity index (χ2n) is 4.91. The Hall–Kier alpha value is -1.10. The van der Waals surface area contributed by atoms with Crippen molar-refractivity contribution in [3.63, 3.8) is 0 Å². The van der Waals surface area contributed by atoms with Crippen LogP contribution < -0.4 is 5.32 Å². The zero-order chi connectivity index (χ0) is 14.4. The highest BCUT2D eigenvalue weighted by Gasteiger charge is 2.20. The maximum Gasteiger partial charge on any atom is 0.122 e. The molecule has 3 nitrogen and oxygen atoms in total. The molecule has 1 N–H and O–H groups in total. The summed E-state index contributed by atoms with van der Waals surface area (Å²) >= 11 is 1.82. The lowest BCUT2D eigenvalue weighted by Crippen LogP contribution is -2.35. The van der Waals surface area contributed by atoms with E-state index >= 15 is 0 Å². The molecular weight excluding hydrogens is 268 g/mol. The fourth-order valence-corrected chi connectivity index (χ4v) is 3.34. The first-order valence-electron chi connectivity index (χ1n) is 7.27. The van der Waals surface area contributed by atoms with Crippen LogP contribution in [-0.2, 0) is 6.54 Å². The van der Waals surface area contributed by atoms with Gasteiger partial charge in [-0.1, -0.05) is 13.8 Å². The van der Waals surface area contributed by atoms with Gasteiger partial charge in [0.15, 0.2) is 0 Å². The van der Waals surface area contributed by atoms with Crippen molar-refractivity contribution >= 4 is 11.3 Å². The Labute approximate surface area is 125 Å². The Morgan fingerprint density at radius 3 is 2.65 bits per heavy atom. The Morgan fingerprint density at radius 1 is 1.30 bits per heavy atom. The minimum atomic E-state index is 0.306. The first-order valence-corrected chi connectivity index (χ1v) is 8.15. The van der Waals surface area contributed by atoms with Gasteiger partial charge in [0.25, 0.3) is 0 Å². The minimum Gasteiger partial charge on any atom is -0.468 e. The fourth-order valence-electron chi connectivity index (χ4n) is 2.46. The molecule has 2 heterocycles. The van der Waals surface area contributed by atoms with Crippen LogP contribution in [0, 0.1) is 6.92 Å². The van der Waals surface area contributed by atoms with E-state index in [-0.39, 0.29) is 0 Å². The van der Waals surface area contributed by atoms with Gasteiger partial charge in [0.2, 0.25) is 0 Å². The van der Waals surface area contributed by atoms with E-state index in [0.717, 1.165) is 31.9 Å². The lowest BCUT2D eigenvalue weighted by Gasteiger charge is -2.28. The van der Waals surface area contributed by atoms with E-state index in [2.05, 4.69) is 48.5 Å². The van der Waals surface area contributed by atoms with E-state index in [9.17, 15) is 0 Å². The van der Waals surface area contributed by atoms with Gasteiger partial charge in [-0.2, -0.15) is 0 Å². The number of thiophene rings is 1. The van der Waals surface area contributed by atoms with Crippen molar-refractivity contribution in [2.75, 3.05) is 19.6 Å². The van der Waals surface area contributed by atoms with E-state index in [4.69, 9.17) is 4.42 Å². The van der Waals surface area contributed by atoms with Crippen LogP contribution in [0.1, 0.15) is 36.1 Å². The molecule has 0 fully saturated rings. The van der Waals surface area contributed by atoms with E-state index in [0.29, 0.717) is 6.04 Å². The lowest BCUT2D eigenvalue weighted by molar-refractivity contribution is 0.188. The van der Waals surface area contributed by atoms with E-state index in [1.165, 1.54) is 10.4 Å². The number of hydrogen-bond acceptors (Lipinski definition) is 4. The van der Waals surface area contributed by atoms with Crippen LogP contribution in [0.5, 0.6) is 0 Å². The van der Waals surface area contributed by atoms with Gasteiger partial charge in [-0.15, -0.1) is 11.3 Å². The first-order chi connectivity index (χ1) is 9.76. The van der Waals surface area contributed by atoms with Gasteiger partial charge in [0.05, 0.1) is 12.3 Å². The molecule has 1 unspecified atom stereocenters. The molecule has 110 valence electrons. The van der Waals surface area contributed by atoms with Crippen molar-refractivity contribution in [1.29, 1.82) is 0 Å². The quantitative estimate of drug-likeness (QED) is 0.801. The highest BCUT2D eigenvalue weighted by molar-refractivity contribution is 7.10. The molecule has 0 aliphatic carbocycles. The number of rotatable bonds is 8. The molecule has 0 amide bonds. The average Bonchev–Trinajstić information content (AvgIpc) is 3.10. The third-order valence-electron chi connectivity index (χ3n) is 3.72. The predicted molar refractivity (Wildman–Crippen MR) is 85.1 cm³/mol. The first kappa shape index (κ1) is 15.3. The third kappa shape index (κ3) is 3.72. The van der Waals surface area contributed by atoms with Gasteiger partial charge in [0, 0.05) is 18.0 Å². The molecule has 0 aliphatic heterocycles. The van der Waals surface area contributed by atoms with Gasteiger partial charge in [-0.05, 0) is 49.2 Å². The standard InChI is InChI=1S/C16H24N2OS/c1-4-18(5-2)14(15-7-6-9-19-15)11-17-12-16-13(3)8-10-20-16/h6-10,14,17H,4-5,11-12H2,1-3H3. The maximum absolute atomic E-state index is 5.61. The fraction of sp³-hybridized carbons (Fsp3) is 0.500. The molecule has 0 bridgehead atoms. The van der Waals surface area contributed by atoms with Crippen LogP contribution in [-0.4, -0.2) is 24.5 Å². The normalized spacial score (nSPS) is 13.0. The van der Waals surface area contributed by atoms with Crippen molar-refractivity contribution < 1.29 is 4.42 Å². The molecule has 0 saturated heterocycles. The van der Waals surface area contributed by atoms with Crippen LogP contribution in [0.25, 0.3) is 0 Å². The zero-order valence-electron chi connectivity index (χ0n) is 12.6. The highest BCUT2D eigenvalue weighted by Crippen LogP contribution is 2.21. The number of aryl methyl sites for hydroxylation is 1. The SMILES string of the molecule is CCN(CC)C(CNCc1sccc1C)c1ccco1. The predicted octanol–water partition coefficient (Wildman–Crippen LogP) is 3.82. The van der Waals surface area contributed by atoms with Crippen molar-refractivity contribution in [3.05, 3.63) is 46.0 Å². The van der Waals surface area contributed by atoms with Crippen LogP contribution in [0.2, 0.25) is 0 Å². The molecule has 2 aromatic rings. The van der Waals surface area contributed by atoms with E-state index in [1.54, 1.807) is 6.26 Å². The second kappa shape index (κ2) is 7.62. The minimum absolute atomic E-state index is 0.306. The van der Waals surface area contributed by atoms with Gasteiger partial charge in [0.1, 0.15) is 5.76 Å². The molecule has 2 aromatic heterocycles. The summed E-state index contributed by atoms with van der Waals surface area (Å²) in [6.07, 6.45) is 1.76. The average molecular weight is 292 g/mol. The number of hydrogen-bond donors (Lipinski definition) is 1. The maximum atomic E-state index is 5.61. The van der Waals surface area contributed by atoms with Gasteiger partial charge >= 0.3 is 0 Å². The zero-order valence-corrected chi connectivity index (χ0v) is 13.4. The monoisotopic (exact) mass is 292 g/mol. The Kier molecular flexibility index (Phi) is 5.83. The number of furan rings is 1. The number of likely N-dealkylation sites (N-methyl/N-ethyl adjacent to an activating group) is 1. The summed E-state index contributed by atoms with van der Waals surface area (Å²) in [5.74, 6) is 1.05. The topological polar surface area (TPSA) is 28.4 Å². The molecule has 0 aromatic carbocycles. The van der Waals surface area contributed by atoms with Crippen LogP contribution in [0.3, 0.4) is 0 Å². The van der Waals surface area contributed by atoms with Crippen molar-refractivity contribution in [1.82, 2.24) is 10.2 Å². The smallest absolute Gasteiger partial charge is 0.122 e. The molecule has 2 rings (SSSR count). The molecule has 4 heteroatoms. The van der Waals surface area contributed by atoms with Crippen LogP contribution >= 0.6 is 11.3 Å². The summed E-state index contributed by atoms with van der Waals surface area (Å²) in [7, 11) is 0. The number of nitrogens with one attached hydrogen (secondary N) is 1. The van der Waals surface area contributed by atoms with Gasteiger partial charge < -0.3 is 9.73 Å². The summed E-state index contributed by atoms with van der Waals surface area (Å²) in [6.45, 7) is 10.5. The Bertz CT molecular complexity index is 488. The molecule has 0 aliphatic rings. The van der Waals surface area contributed by atoms with E-state index in [1.807, 2.05) is 17.4 Å². The number of nitrogens with zero attached hydrogens (tertiary/aromatic N) is 1. The summed E-state index contributed by atoms with van der Waals surface area (Å²) < 4.78 is 5.61. The molecule has 0 spiro atoms. The largest absolute Gasteiger partial charge is 0.468 e. The summed E-state index contributed by atoms with van der Waals surface area (Å²) in [5, 5.41) is 5.73. The van der Waals surface area contributed by atoms with E-state index < -0.39 is 0 Å². The van der Waals surface area contributed by atoms with Crippen molar-refractivity contribution in [3.8, 4) is 0 Å². The summed E-state index contributed by atoms with van der Waals surface area (Å²) in [6, 6.07) is 6.52. The molecular formula is C16H24N2OS. The molecule has 20 heavy (non-hydrogen) atoms. The molecule has 0 radical (unpaired) electrons. The highest BCUT2D eigenvalue weighted by atomic mass is 32.1. The Balaban J connectivity index is 1.96. The molecule has 1 atom stereocenters. The van der Waals surface area contributed by atoms with Crippen LogP contribution in [0.4, 0.5) is 0 Å². The summed E-state index contributed by atoms with van der Waals surface area (Å²) in [5.41, 5.74) is 1.37. The lowest BCUT2D eigenvalue weighted by atomic mass is 10.2. The van der Waals surface area contributed by atoms with Gasteiger partial charge in [-0.3, -0.25) is 4.90 Å². The second-order valence-corrected chi connectivity index (χ2v) is 5.91. The van der Waals surface area contributed by atoms with Crippen LogP contribution in [0.15, 0.2) is 34.3 Å². The summed E-state index contributed by atoms with van der Waals surface area (Å²) in [4.78, 5) is 3.84. The molecule has 0 saturated carbocycles. The van der Waals surface area contributed by atoms with Crippen molar-refractivity contribution in [2.24, 2.45) is 0 Å². The van der Waals surface area contributed by atoms with Gasteiger partial charge in [-0.25, -0.2) is 0 Å².